The smallest absolute Gasteiger partial charge is 0.301 e. The van der Waals surface area contributed by atoms with Crippen LogP contribution in [0.15, 0.2) is 4.99 Å². The van der Waals surface area contributed by atoms with Crippen molar-refractivity contribution < 1.29 is 1.43 Å². The van der Waals surface area contributed by atoms with E-state index in [1.54, 1.807) is 0 Å². The van der Waals surface area contributed by atoms with E-state index in [1.807, 2.05) is 13.3 Å². The fourth-order valence-corrected chi connectivity index (χ4v) is 0.615. The molecule has 0 fully saturated rings. The Labute approximate surface area is 53.3 Å². The van der Waals surface area contributed by atoms with Crippen LogP contribution in [0.3, 0.4) is 0 Å². The van der Waals surface area contributed by atoms with Gasteiger partial charge in [0.1, 0.15) is 0 Å². The maximum atomic E-state index is 3.88. The number of aliphatic imine (C=N–C) groups is 1. The second-order valence-corrected chi connectivity index (χ2v) is 1.94. The van der Waals surface area contributed by atoms with Crippen LogP contribution in [-0.2, 0) is 0 Å². The molecule has 0 heterocycles. The monoisotopic (exact) mass is 114 g/mol. The maximum absolute atomic E-state index is 3.88. The van der Waals surface area contributed by atoms with Crippen molar-refractivity contribution in [3.05, 3.63) is 0 Å². The van der Waals surface area contributed by atoms with Gasteiger partial charge in [-0.1, -0.05) is 19.8 Å². The van der Waals surface area contributed by atoms with Crippen LogP contribution < -0.4 is 0 Å². The zero-order chi connectivity index (χ0) is 6.24. The number of nitrogens with zero attached hydrogens (tertiary/aromatic N) is 1. The normalized spacial score (nSPS) is 10.8. The van der Waals surface area contributed by atoms with E-state index in [4.69, 9.17) is 0 Å². The summed E-state index contributed by atoms with van der Waals surface area (Å²) in [6.07, 6.45) is 7.08. The van der Waals surface area contributed by atoms with E-state index < -0.39 is 0 Å². The van der Waals surface area contributed by atoms with Gasteiger partial charge in [0.25, 0.3) is 0 Å². The van der Waals surface area contributed by atoms with Gasteiger partial charge in [0.15, 0.2) is 0 Å². The summed E-state index contributed by atoms with van der Waals surface area (Å²) >= 11 is 0. The minimum absolute atomic E-state index is 0. The summed E-state index contributed by atoms with van der Waals surface area (Å²) in [4.78, 5) is 3.88. The van der Waals surface area contributed by atoms with Crippen LogP contribution >= 0.6 is 0 Å². The Morgan fingerprint density at radius 2 is 2.25 bits per heavy atom. The largest absolute Gasteiger partial charge is 1.00 e. The highest BCUT2D eigenvalue weighted by molar-refractivity contribution is 5.56. The zero-order valence-electron chi connectivity index (χ0n) is 6.85. The summed E-state index contributed by atoms with van der Waals surface area (Å²) in [5.41, 5.74) is 0. The Kier molecular flexibility index (Phi) is 6.39. The summed E-state index contributed by atoms with van der Waals surface area (Å²) < 4.78 is 0. The Morgan fingerprint density at radius 1 is 1.50 bits per heavy atom. The molecule has 0 spiro atoms. The van der Waals surface area contributed by atoms with Gasteiger partial charge in [-0.2, -0.15) is 0 Å². The predicted octanol–water partition coefficient (Wildman–Crippen LogP) is 2.38. The Bertz CT molecular complexity index is 61.9. The van der Waals surface area contributed by atoms with E-state index in [-0.39, 0.29) is 1.43 Å². The molecule has 0 amide bonds. The van der Waals surface area contributed by atoms with Crippen LogP contribution in [0.25, 0.3) is 0 Å². The molecule has 0 aromatic carbocycles. The molecule has 0 aromatic heterocycles. The quantitative estimate of drug-likeness (QED) is 0.393. The third-order valence-electron chi connectivity index (χ3n) is 1.12. The molecule has 0 N–H and O–H groups in total. The summed E-state index contributed by atoms with van der Waals surface area (Å²) in [5, 5.41) is 0. The molecular formula is C7H16N+. The molecule has 0 aliphatic rings. The van der Waals surface area contributed by atoms with E-state index in [0.29, 0.717) is 0 Å². The third-order valence-corrected chi connectivity index (χ3v) is 1.12. The van der Waals surface area contributed by atoms with Crippen molar-refractivity contribution in [1.29, 1.82) is 0 Å². The molecule has 0 unspecified atom stereocenters. The lowest BCUT2D eigenvalue weighted by atomic mass is 10.2. The van der Waals surface area contributed by atoms with Crippen molar-refractivity contribution in [3.8, 4) is 0 Å². The highest BCUT2D eigenvalue weighted by Crippen LogP contribution is 1.95. The van der Waals surface area contributed by atoms with Gasteiger partial charge >= 0.3 is 1.43 Å². The number of hydrogen-bond donors (Lipinski definition) is 0. The molecule has 0 aromatic rings. The second-order valence-electron chi connectivity index (χ2n) is 1.94. The maximum Gasteiger partial charge on any atom is 1.00 e. The topological polar surface area (TPSA) is 12.4 Å². The Balaban J connectivity index is 0. The van der Waals surface area contributed by atoms with Gasteiger partial charge in [0, 0.05) is 7.05 Å². The van der Waals surface area contributed by atoms with Crippen LogP contribution in [0.5, 0.6) is 0 Å². The molecule has 0 atom stereocenters. The zero-order valence-corrected chi connectivity index (χ0v) is 5.85. The highest BCUT2D eigenvalue weighted by Gasteiger charge is 1.79. The standard InChI is InChI=1S/C7H15N/c1-3-4-5-6-7-8-2/h7H,3-6H2,1-2H3/p+1. The van der Waals surface area contributed by atoms with Gasteiger partial charge in [0.05, 0.1) is 0 Å². The summed E-state index contributed by atoms with van der Waals surface area (Å²) in [6.45, 7) is 2.21. The first-order chi connectivity index (χ1) is 3.91. The van der Waals surface area contributed by atoms with Crippen LogP contribution in [0.1, 0.15) is 34.0 Å². The van der Waals surface area contributed by atoms with Crippen molar-refractivity contribution in [2.24, 2.45) is 4.99 Å². The van der Waals surface area contributed by atoms with Crippen molar-refractivity contribution in [2.45, 2.75) is 32.6 Å². The molecule has 0 aliphatic carbocycles. The van der Waals surface area contributed by atoms with E-state index in [1.165, 1.54) is 19.3 Å². The van der Waals surface area contributed by atoms with Crippen LogP contribution in [-0.4, -0.2) is 13.3 Å². The number of hydrogen-bond acceptors (Lipinski definition) is 1. The van der Waals surface area contributed by atoms with Crippen LogP contribution in [0, 0.1) is 0 Å². The minimum atomic E-state index is 0. The molecule has 0 saturated carbocycles. The van der Waals surface area contributed by atoms with Gasteiger partial charge in [-0.3, -0.25) is 0 Å². The molecule has 1 nitrogen and oxygen atoms in total. The molecule has 0 bridgehead atoms. The summed E-state index contributed by atoms with van der Waals surface area (Å²) in [7, 11) is 1.83. The van der Waals surface area contributed by atoms with Crippen molar-refractivity contribution >= 4 is 6.21 Å². The molecule has 0 radical (unpaired) electrons. The Hall–Kier alpha value is -0.330. The fourth-order valence-electron chi connectivity index (χ4n) is 0.615. The van der Waals surface area contributed by atoms with E-state index in [2.05, 4.69) is 11.9 Å². The van der Waals surface area contributed by atoms with E-state index in [0.717, 1.165) is 6.42 Å². The minimum Gasteiger partial charge on any atom is -0.301 e. The lowest BCUT2D eigenvalue weighted by Gasteiger charge is -1.88. The summed E-state index contributed by atoms with van der Waals surface area (Å²) in [5.74, 6) is 0. The van der Waals surface area contributed by atoms with Gasteiger partial charge in [-0.15, -0.1) is 0 Å². The van der Waals surface area contributed by atoms with Gasteiger partial charge in [-0.05, 0) is 19.1 Å². The second kappa shape index (κ2) is 6.67. The fraction of sp³-hybridized carbons (Fsp3) is 0.857. The molecule has 8 heavy (non-hydrogen) atoms. The lowest BCUT2D eigenvalue weighted by molar-refractivity contribution is 0.746. The van der Waals surface area contributed by atoms with Gasteiger partial charge < -0.3 is 4.99 Å². The van der Waals surface area contributed by atoms with Crippen molar-refractivity contribution in [2.75, 3.05) is 7.05 Å². The van der Waals surface area contributed by atoms with Crippen molar-refractivity contribution in [1.82, 2.24) is 0 Å². The molecular weight excluding hydrogens is 98.1 g/mol. The first kappa shape index (κ1) is 7.67. The SMILES string of the molecule is CCCCCC=NC.[H+]. The Morgan fingerprint density at radius 3 is 2.75 bits per heavy atom. The average molecular weight is 114 g/mol. The van der Waals surface area contributed by atoms with Crippen molar-refractivity contribution in [3.63, 3.8) is 0 Å². The van der Waals surface area contributed by atoms with Crippen LogP contribution in [0.4, 0.5) is 0 Å². The summed E-state index contributed by atoms with van der Waals surface area (Å²) in [6, 6.07) is 0. The number of rotatable bonds is 4. The molecule has 48 valence electrons. The first-order valence-electron chi connectivity index (χ1n) is 3.32. The van der Waals surface area contributed by atoms with Crippen LogP contribution in [0.2, 0.25) is 0 Å². The lowest BCUT2D eigenvalue weighted by Crippen LogP contribution is -1.75. The molecule has 0 rings (SSSR count). The predicted molar refractivity (Wildman–Crippen MR) is 39.7 cm³/mol. The van der Waals surface area contributed by atoms with E-state index >= 15 is 0 Å². The van der Waals surface area contributed by atoms with Gasteiger partial charge in [-0.25, -0.2) is 0 Å². The molecule has 0 saturated heterocycles. The van der Waals surface area contributed by atoms with Gasteiger partial charge in [0.2, 0.25) is 0 Å². The third kappa shape index (κ3) is 5.67. The molecule has 1 heteroatoms. The average Bonchev–Trinajstić information content (AvgIpc) is 1.81. The highest BCUT2D eigenvalue weighted by atomic mass is 14.6. The molecule has 0 aliphatic heterocycles. The number of unbranched alkanes of at least 4 members (excludes halogenated alkanes) is 3. The first-order valence-corrected chi connectivity index (χ1v) is 3.32. The van der Waals surface area contributed by atoms with E-state index in [9.17, 15) is 0 Å².